The molecule has 0 amide bonds. The minimum atomic E-state index is 0.418. The van der Waals surface area contributed by atoms with Gasteiger partial charge in [-0.05, 0) is 18.1 Å². The molecule has 1 aromatic carbocycles. The molecule has 17 heavy (non-hydrogen) atoms. The summed E-state index contributed by atoms with van der Waals surface area (Å²) in [6.07, 6.45) is 3.69. The first-order valence-electron chi connectivity index (χ1n) is 5.59. The molecule has 0 unspecified atom stereocenters. The van der Waals surface area contributed by atoms with Gasteiger partial charge in [0.1, 0.15) is 5.75 Å². The largest absolute Gasteiger partial charge is 0.495 e. The zero-order chi connectivity index (χ0) is 12.4. The standard InChI is InChI=1S/C13H17N3O/c1-9(2)12-7-15-8-16(12)10-4-5-11(14)13(6-10)17-3/h4-9H,14H2,1-3H3. The van der Waals surface area contributed by atoms with Gasteiger partial charge in [-0.15, -0.1) is 0 Å². The number of hydrogen-bond donors (Lipinski definition) is 1. The van der Waals surface area contributed by atoms with Gasteiger partial charge in [-0.2, -0.15) is 0 Å². The van der Waals surface area contributed by atoms with E-state index in [9.17, 15) is 0 Å². The van der Waals surface area contributed by atoms with E-state index in [0.29, 0.717) is 17.4 Å². The summed E-state index contributed by atoms with van der Waals surface area (Å²) in [6.45, 7) is 4.28. The van der Waals surface area contributed by atoms with E-state index in [-0.39, 0.29) is 0 Å². The zero-order valence-electron chi connectivity index (χ0n) is 10.3. The molecular formula is C13H17N3O. The SMILES string of the molecule is COc1cc(-n2cncc2C(C)C)ccc1N. The number of rotatable bonds is 3. The molecule has 4 nitrogen and oxygen atoms in total. The zero-order valence-corrected chi connectivity index (χ0v) is 10.3. The van der Waals surface area contributed by atoms with Crippen LogP contribution in [0.2, 0.25) is 0 Å². The van der Waals surface area contributed by atoms with Crippen LogP contribution < -0.4 is 10.5 Å². The van der Waals surface area contributed by atoms with Crippen LogP contribution in [0.5, 0.6) is 5.75 Å². The molecule has 0 saturated carbocycles. The van der Waals surface area contributed by atoms with Gasteiger partial charge in [0.05, 0.1) is 24.8 Å². The minimum Gasteiger partial charge on any atom is -0.495 e. The van der Waals surface area contributed by atoms with E-state index in [4.69, 9.17) is 10.5 Å². The van der Waals surface area contributed by atoms with Crippen molar-refractivity contribution in [1.82, 2.24) is 9.55 Å². The molecular weight excluding hydrogens is 214 g/mol. The van der Waals surface area contributed by atoms with Crippen molar-refractivity contribution >= 4 is 5.69 Å². The molecule has 1 heterocycles. The van der Waals surface area contributed by atoms with Crippen molar-refractivity contribution in [3.63, 3.8) is 0 Å². The maximum Gasteiger partial charge on any atom is 0.143 e. The van der Waals surface area contributed by atoms with Crippen LogP contribution >= 0.6 is 0 Å². The van der Waals surface area contributed by atoms with Crippen LogP contribution in [0.3, 0.4) is 0 Å². The summed E-state index contributed by atoms with van der Waals surface area (Å²) in [5.41, 5.74) is 8.62. The summed E-state index contributed by atoms with van der Waals surface area (Å²) in [5.74, 6) is 1.10. The summed E-state index contributed by atoms with van der Waals surface area (Å²) in [6, 6.07) is 5.73. The molecule has 0 aliphatic rings. The van der Waals surface area contributed by atoms with Gasteiger partial charge in [0.15, 0.2) is 0 Å². The third-order valence-corrected chi connectivity index (χ3v) is 2.75. The smallest absolute Gasteiger partial charge is 0.143 e. The minimum absolute atomic E-state index is 0.418. The monoisotopic (exact) mass is 231 g/mol. The summed E-state index contributed by atoms with van der Waals surface area (Å²) in [5, 5.41) is 0. The number of ether oxygens (including phenoxy) is 1. The Labute approximate surface area is 101 Å². The first-order valence-corrected chi connectivity index (χ1v) is 5.59. The van der Waals surface area contributed by atoms with E-state index in [1.54, 1.807) is 13.4 Å². The predicted molar refractivity (Wildman–Crippen MR) is 68.6 cm³/mol. The van der Waals surface area contributed by atoms with Crippen molar-refractivity contribution in [2.24, 2.45) is 0 Å². The summed E-state index contributed by atoms with van der Waals surface area (Å²) in [4.78, 5) is 4.19. The van der Waals surface area contributed by atoms with E-state index in [1.165, 1.54) is 0 Å². The predicted octanol–water partition coefficient (Wildman–Crippen LogP) is 2.59. The molecule has 1 aromatic heterocycles. The molecule has 0 bridgehead atoms. The highest BCUT2D eigenvalue weighted by Crippen LogP contribution is 2.26. The number of nitrogens with two attached hydrogens (primary N) is 1. The molecule has 90 valence electrons. The molecule has 0 aliphatic heterocycles. The van der Waals surface area contributed by atoms with Crippen LogP contribution in [0.15, 0.2) is 30.7 Å². The van der Waals surface area contributed by atoms with Crippen LogP contribution in [0.1, 0.15) is 25.5 Å². The second-order valence-corrected chi connectivity index (χ2v) is 4.27. The number of anilines is 1. The second kappa shape index (κ2) is 4.49. The molecule has 0 aliphatic carbocycles. The summed E-state index contributed by atoms with van der Waals surface area (Å²) in [7, 11) is 1.62. The number of methoxy groups -OCH3 is 1. The summed E-state index contributed by atoms with van der Waals surface area (Å²) < 4.78 is 7.27. The van der Waals surface area contributed by atoms with Gasteiger partial charge < -0.3 is 15.0 Å². The van der Waals surface area contributed by atoms with Crippen molar-refractivity contribution in [2.45, 2.75) is 19.8 Å². The van der Waals surface area contributed by atoms with Gasteiger partial charge in [0.2, 0.25) is 0 Å². The topological polar surface area (TPSA) is 53.1 Å². The fraction of sp³-hybridized carbons (Fsp3) is 0.308. The van der Waals surface area contributed by atoms with Crippen molar-refractivity contribution in [3.05, 3.63) is 36.4 Å². The average Bonchev–Trinajstić information content (AvgIpc) is 2.78. The fourth-order valence-corrected chi connectivity index (χ4v) is 1.80. The van der Waals surface area contributed by atoms with E-state index >= 15 is 0 Å². The van der Waals surface area contributed by atoms with Crippen LogP contribution in [-0.4, -0.2) is 16.7 Å². The average molecular weight is 231 g/mol. The van der Waals surface area contributed by atoms with Gasteiger partial charge in [-0.25, -0.2) is 4.98 Å². The summed E-state index contributed by atoms with van der Waals surface area (Å²) >= 11 is 0. The van der Waals surface area contributed by atoms with E-state index < -0.39 is 0 Å². The highest BCUT2D eigenvalue weighted by atomic mass is 16.5. The van der Waals surface area contributed by atoms with E-state index in [0.717, 1.165) is 11.4 Å². The molecule has 2 aromatic rings. The maximum atomic E-state index is 5.80. The lowest BCUT2D eigenvalue weighted by Crippen LogP contribution is -2.02. The maximum absolute atomic E-state index is 5.80. The van der Waals surface area contributed by atoms with Crippen molar-refractivity contribution in [3.8, 4) is 11.4 Å². The Hall–Kier alpha value is -1.97. The first-order chi connectivity index (χ1) is 8.13. The van der Waals surface area contributed by atoms with Gasteiger partial charge in [-0.1, -0.05) is 13.8 Å². The molecule has 0 atom stereocenters. The molecule has 2 N–H and O–H groups in total. The van der Waals surface area contributed by atoms with Crippen molar-refractivity contribution in [2.75, 3.05) is 12.8 Å². The molecule has 0 fully saturated rings. The third kappa shape index (κ3) is 2.11. The first kappa shape index (κ1) is 11.5. The van der Waals surface area contributed by atoms with Gasteiger partial charge >= 0.3 is 0 Å². The van der Waals surface area contributed by atoms with Crippen LogP contribution in [0.25, 0.3) is 5.69 Å². The van der Waals surface area contributed by atoms with Crippen molar-refractivity contribution in [1.29, 1.82) is 0 Å². The lowest BCUT2D eigenvalue weighted by Gasteiger charge is -2.12. The lowest BCUT2D eigenvalue weighted by molar-refractivity contribution is 0.417. The second-order valence-electron chi connectivity index (χ2n) is 4.27. The normalized spacial score (nSPS) is 10.8. The Morgan fingerprint density at radius 2 is 2.12 bits per heavy atom. The van der Waals surface area contributed by atoms with Crippen LogP contribution in [0, 0.1) is 0 Å². The Kier molecular flexibility index (Phi) is 3.04. The van der Waals surface area contributed by atoms with E-state index in [1.807, 2.05) is 29.0 Å². The van der Waals surface area contributed by atoms with Gasteiger partial charge in [-0.3, -0.25) is 0 Å². The van der Waals surface area contributed by atoms with E-state index in [2.05, 4.69) is 18.8 Å². The molecule has 0 radical (unpaired) electrons. The van der Waals surface area contributed by atoms with Crippen LogP contribution in [-0.2, 0) is 0 Å². The Balaban J connectivity index is 2.49. The highest BCUT2D eigenvalue weighted by molar-refractivity contribution is 5.57. The number of nitrogens with zero attached hydrogens (tertiary/aromatic N) is 2. The number of benzene rings is 1. The molecule has 0 spiro atoms. The Bertz CT molecular complexity index is 517. The number of imidazole rings is 1. The van der Waals surface area contributed by atoms with Gasteiger partial charge in [0, 0.05) is 18.0 Å². The number of nitrogen functional groups attached to an aromatic ring is 1. The number of hydrogen-bond acceptors (Lipinski definition) is 3. The Morgan fingerprint density at radius 3 is 2.76 bits per heavy atom. The Morgan fingerprint density at radius 1 is 1.35 bits per heavy atom. The van der Waals surface area contributed by atoms with Crippen LogP contribution in [0.4, 0.5) is 5.69 Å². The molecule has 4 heteroatoms. The third-order valence-electron chi connectivity index (χ3n) is 2.75. The number of aromatic nitrogens is 2. The lowest BCUT2D eigenvalue weighted by atomic mass is 10.1. The van der Waals surface area contributed by atoms with Gasteiger partial charge in [0.25, 0.3) is 0 Å². The molecule has 0 saturated heterocycles. The quantitative estimate of drug-likeness (QED) is 0.826. The fourth-order valence-electron chi connectivity index (χ4n) is 1.80. The molecule has 2 rings (SSSR count). The van der Waals surface area contributed by atoms with Crippen molar-refractivity contribution < 1.29 is 4.74 Å². The highest BCUT2D eigenvalue weighted by Gasteiger charge is 2.09.